The highest BCUT2D eigenvalue weighted by Crippen LogP contribution is 2.24. The summed E-state index contributed by atoms with van der Waals surface area (Å²) in [4.78, 5) is 14.4. The minimum atomic E-state index is 0.0390. The lowest BCUT2D eigenvalue weighted by atomic mass is 9.96. The van der Waals surface area contributed by atoms with Crippen molar-refractivity contribution in [2.24, 2.45) is 0 Å². The maximum Gasteiger partial charge on any atom is 0.237 e. The summed E-state index contributed by atoms with van der Waals surface area (Å²) in [6, 6.07) is 6.18. The van der Waals surface area contributed by atoms with Crippen molar-refractivity contribution in [3.8, 4) is 0 Å². The first-order valence-corrected chi connectivity index (χ1v) is 7.13. The van der Waals surface area contributed by atoms with Gasteiger partial charge < -0.3 is 11.1 Å². The van der Waals surface area contributed by atoms with Gasteiger partial charge in [0.25, 0.3) is 0 Å². The number of nitrogen functional groups attached to an aromatic ring is 1. The highest BCUT2D eigenvalue weighted by molar-refractivity contribution is 5.82. The van der Waals surface area contributed by atoms with Gasteiger partial charge in [0.2, 0.25) is 5.91 Å². The first-order valence-electron chi connectivity index (χ1n) is 7.13. The maximum atomic E-state index is 12.1. The molecule has 0 aliphatic carbocycles. The van der Waals surface area contributed by atoms with Crippen LogP contribution in [0.4, 0.5) is 5.69 Å². The average molecular weight is 259 g/mol. The van der Waals surface area contributed by atoms with E-state index >= 15 is 0 Å². The van der Waals surface area contributed by atoms with Crippen molar-refractivity contribution in [2.75, 3.05) is 18.8 Å². The van der Waals surface area contributed by atoms with E-state index in [1.54, 1.807) is 0 Å². The number of benzene rings is 1. The Labute approximate surface area is 114 Å². The fourth-order valence-electron chi connectivity index (χ4n) is 3.14. The van der Waals surface area contributed by atoms with Crippen LogP contribution in [0.5, 0.6) is 0 Å². The van der Waals surface area contributed by atoms with Crippen LogP contribution in [-0.2, 0) is 17.8 Å². The molecular formula is C15H21N3O. The summed E-state index contributed by atoms with van der Waals surface area (Å²) in [6.45, 7) is 2.64. The minimum Gasteiger partial charge on any atom is -0.399 e. The molecule has 2 aliphatic rings. The second-order valence-electron chi connectivity index (χ2n) is 5.55. The van der Waals surface area contributed by atoms with Crippen LogP contribution in [-0.4, -0.2) is 29.9 Å². The van der Waals surface area contributed by atoms with Crippen LogP contribution < -0.4 is 11.1 Å². The number of rotatable bonds is 1. The van der Waals surface area contributed by atoms with Gasteiger partial charge in [-0.15, -0.1) is 0 Å². The van der Waals surface area contributed by atoms with E-state index < -0.39 is 0 Å². The van der Waals surface area contributed by atoms with Gasteiger partial charge >= 0.3 is 0 Å². The average Bonchev–Trinajstić information content (AvgIpc) is 2.62. The van der Waals surface area contributed by atoms with Gasteiger partial charge in [-0.25, -0.2) is 0 Å². The Bertz CT molecular complexity index is 486. The van der Waals surface area contributed by atoms with E-state index in [9.17, 15) is 4.79 Å². The van der Waals surface area contributed by atoms with E-state index in [1.807, 2.05) is 6.07 Å². The molecule has 1 aromatic carbocycles. The third-order valence-corrected chi connectivity index (χ3v) is 4.22. The van der Waals surface area contributed by atoms with E-state index in [2.05, 4.69) is 22.3 Å². The normalized spacial score (nSPS) is 24.4. The molecule has 2 heterocycles. The zero-order valence-corrected chi connectivity index (χ0v) is 11.2. The monoisotopic (exact) mass is 259 g/mol. The molecule has 0 radical (unpaired) electrons. The van der Waals surface area contributed by atoms with E-state index in [0.29, 0.717) is 0 Å². The van der Waals surface area contributed by atoms with Crippen LogP contribution in [0.15, 0.2) is 18.2 Å². The summed E-state index contributed by atoms with van der Waals surface area (Å²) in [5.74, 6) is 0.199. The highest BCUT2D eigenvalue weighted by Gasteiger charge is 2.29. The van der Waals surface area contributed by atoms with Crippen LogP contribution in [0.3, 0.4) is 0 Å². The summed E-state index contributed by atoms with van der Waals surface area (Å²) in [6.07, 6.45) is 4.21. The SMILES string of the molecule is Nc1ccc2c(c1)CN(C1CCCCNC1=O)CC2. The van der Waals surface area contributed by atoms with Crippen molar-refractivity contribution in [1.82, 2.24) is 10.2 Å². The number of hydrogen-bond donors (Lipinski definition) is 2. The van der Waals surface area contributed by atoms with Gasteiger partial charge in [-0.3, -0.25) is 9.69 Å². The lowest BCUT2D eigenvalue weighted by molar-refractivity contribution is -0.126. The summed E-state index contributed by atoms with van der Waals surface area (Å²) in [7, 11) is 0. The lowest BCUT2D eigenvalue weighted by Gasteiger charge is -2.34. The van der Waals surface area contributed by atoms with Crippen molar-refractivity contribution in [3.05, 3.63) is 29.3 Å². The third-order valence-electron chi connectivity index (χ3n) is 4.22. The summed E-state index contributed by atoms with van der Waals surface area (Å²) >= 11 is 0. The van der Waals surface area contributed by atoms with Crippen molar-refractivity contribution in [2.45, 2.75) is 38.3 Å². The Balaban J connectivity index is 1.78. The molecule has 4 heteroatoms. The zero-order valence-electron chi connectivity index (χ0n) is 11.2. The Kier molecular flexibility index (Phi) is 3.42. The number of hydrogen-bond acceptors (Lipinski definition) is 3. The predicted molar refractivity (Wildman–Crippen MR) is 75.6 cm³/mol. The van der Waals surface area contributed by atoms with Crippen LogP contribution in [0, 0.1) is 0 Å². The number of anilines is 1. The molecule has 19 heavy (non-hydrogen) atoms. The van der Waals surface area contributed by atoms with Gasteiger partial charge in [0.05, 0.1) is 6.04 Å². The summed E-state index contributed by atoms with van der Waals surface area (Å²) in [5.41, 5.74) is 9.33. The molecule has 1 fully saturated rings. The van der Waals surface area contributed by atoms with Gasteiger partial charge in [0.1, 0.15) is 0 Å². The van der Waals surface area contributed by atoms with Gasteiger partial charge in [0.15, 0.2) is 0 Å². The molecule has 0 aromatic heterocycles. The van der Waals surface area contributed by atoms with Crippen molar-refractivity contribution in [3.63, 3.8) is 0 Å². The molecular weight excluding hydrogens is 238 g/mol. The molecule has 3 rings (SSSR count). The Hall–Kier alpha value is -1.55. The lowest BCUT2D eigenvalue weighted by Crippen LogP contribution is -2.47. The fourth-order valence-corrected chi connectivity index (χ4v) is 3.14. The van der Waals surface area contributed by atoms with Crippen LogP contribution in [0.2, 0.25) is 0 Å². The second-order valence-corrected chi connectivity index (χ2v) is 5.55. The second kappa shape index (κ2) is 5.21. The number of nitrogens with two attached hydrogens (primary N) is 1. The first-order chi connectivity index (χ1) is 9.24. The molecule has 4 nitrogen and oxygen atoms in total. The van der Waals surface area contributed by atoms with Crippen LogP contribution in [0.25, 0.3) is 0 Å². The third kappa shape index (κ3) is 2.59. The number of carbonyl (C=O) groups excluding carboxylic acids is 1. The minimum absolute atomic E-state index is 0.0390. The van der Waals surface area contributed by atoms with E-state index in [0.717, 1.165) is 51.0 Å². The number of fused-ring (bicyclic) bond motifs is 1. The molecule has 1 amide bonds. The molecule has 3 N–H and O–H groups in total. The van der Waals surface area contributed by atoms with Crippen LogP contribution >= 0.6 is 0 Å². The van der Waals surface area contributed by atoms with Crippen molar-refractivity contribution in [1.29, 1.82) is 0 Å². The fraction of sp³-hybridized carbons (Fsp3) is 0.533. The molecule has 102 valence electrons. The van der Waals surface area contributed by atoms with Gasteiger partial charge in [0, 0.05) is 25.3 Å². The van der Waals surface area contributed by atoms with Gasteiger partial charge in [-0.05, 0) is 48.9 Å². The first kappa shape index (κ1) is 12.5. The zero-order chi connectivity index (χ0) is 13.2. The molecule has 0 saturated carbocycles. The smallest absolute Gasteiger partial charge is 0.237 e. The molecule has 1 unspecified atom stereocenters. The molecule has 1 atom stereocenters. The van der Waals surface area contributed by atoms with E-state index in [-0.39, 0.29) is 11.9 Å². The van der Waals surface area contributed by atoms with Gasteiger partial charge in [-0.2, -0.15) is 0 Å². The Morgan fingerprint density at radius 3 is 3.05 bits per heavy atom. The quantitative estimate of drug-likeness (QED) is 0.747. The number of amides is 1. The topological polar surface area (TPSA) is 58.4 Å². The summed E-state index contributed by atoms with van der Waals surface area (Å²) < 4.78 is 0. The van der Waals surface area contributed by atoms with Gasteiger partial charge in [-0.1, -0.05) is 6.07 Å². The Morgan fingerprint density at radius 1 is 1.26 bits per heavy atom. The molecule has 2 aliphatic heterocycles. The molecule has 1 saturated heterocycles. The Morgan fingerprint density at radius 2 is 2.16 bits per heavy atom. The predicted octanol–water partition coefficient (Wildman–Crippen LogP) is 1.30. The molecule has 0 bridgehead atoms. The maximum absolute atomic E-state index is 12.1. The molecule has 0 spiro atoms. The van der Waals surface area contributed by atoms with E-state index in [1.165, 1.54) is 11.1 Å². The number of carbonyl (C=O) groups is 1. The molecule has 1 aromatic rings. The van der Waals surface area contributed by atoms with Crippen molar-refractivity contribution < 1.29 is 4.79 Å². The van der Waals surface area contributed by atoms with Crippen LogP contribution in [0.1, 0.15) is 30.4 Å². The number of nitrogens with zero attached hydrogens (tertiary/aromatic N) is 1. The highest BCUT2D eigenvalue weighted by atomic mass is 16.2. The van der Waals surface area contributed by atoms with E-state index in [4.69, 9.17) is 5.73 Å². The largest absolute Gasteiger partial charge is 0.399 e. The summed E-state index contributed by atoms with van der Waals surface area (Å²) in [5, 5.41) is 3.02. The standard InChI is InChI=1S/C15H21N3O/c16-13-5-4-11-6-8-18(10-12(11)9-13)14-3-1-2-7-17-15(14)19/h4-5,9,14H,1-3,6-8,10,16H2,(H,17,19). The van der Waals surface area contributed by atoms with Crippen molar-refractivity contribution >= 4 is 11.6 Å². The number of nitrogens with one attached hydrogen (secondary N) is 1.